The van der Waals surface area contributed by atoms with Gasteiger partial charge in [-0.15, -0.1) is 0 Å². The van der Waals surface area contributed by atoms with E-state index in [0.29, 0.717) is 13.2 Å². The Bertz CT molecular complexity index is 264. The highest BCUT2D eigenvalue weighted by Gasteiger charge is 2.26. The smallest absolute Gasteiger partial charge is 0.240 e. The number of nitrogens with two attached hydrogens (primary N) is 2. The molecule has 0 aromatic rings. The van der Waals surface area contributed by atoms with E-state index in [-0.39, 0.29) is 18.4 Å². The molecular formula is C10H19N3O3. The molecule has 0 aliphatic carbocycles. The summed E-state index contributed by atoms with van der Waals surface area (Å²) in [5.74, 6) is -0.785. The molecule has 1 rings (SSSR count). The zero-order chi connectivity index (χ0) is 12.1. The van der Waals surface area contributed by atoms with E-state index in [1.807, 2.05) is 0 Å². The van der Waals surface area contributed by atoms with Crippen LogP contribution in [0.5, 0.6) is 0 Å². The van der Waals surface area contributed by atoms with Crippen LogP contribution in [0.15, 0.2) is 0 Å². The summed E-state index contributed by atoms with van der Waals surface area (Å²) in [6.45, 7) is 1.32. The van der Waals surface area contributed by atoms with Crippen LogP contribution in [0.3, 0.4) is 0 Å². The minimum absolute atomic E-state index is 0.105. The molecule has 0 aromatic heterocycles. The molecule has 6 nitrogen and oxygen atoms in total. The first-order valence-electron chi connectivity index (χ1n) is 5.40. The second-order valence-corrected chi connectivity index (χ2v) is 4.07. The van der Waals surface area contributed by atoms with Crippen molar-refractivity contribution in [2.45, 2.75) is 31.3 Å². The van der Waals surface area contributed by atoms with Crippen molar-refractivity contribution >= 4 is 11.8 Å². The highest BCUT2D eigenvalue weighted by atomic mass is 16.5. The van der Waals surface area contributed by atoms with Crippen LogP contribution in [-0.2, 0) is 14.3 Å². The number of amides is 2. The molecule has 6 heteroatoms. The van der Waals surface area contributed by atoms with Crippen LogP contribution in [0, 0.1) is 0 Å². The van der Waals surface area contributed by atoms with Gasteiger partial charge in [-0.2, -0.15) is 0 Å². The van der Waals surface area contributed by atoms with Crippen molar-refractivity contribution in [3.05, 3.63) is 0 Å². The van der Waals surface area contributed by atoms with E-state index in [1.165, 1.54) is 0 Å². The lowest BCUT2D eigenvalue weighted by Gasteiger charge is -2.32. The zero-order valence-corrected chi connectivity index (χ0v) is 9.52. The van der Waals surface area contributed by atoms with Gasteiger partial charge in [-0.05, 0) is 12.8 Å². The number of hydrogen-bond donors (Lipinski definition) is 2. The van der Waals surface area contributed by atoms with E-state index in [9.17, 15) is 9.59 Å². The van der Waals surface area contributed by atoms with Gasteiger partial charge in [-0.1, -0.05) is 0 Å². The number of nitrogens with zero attached hydrogens (tertiary/aromatic N) is 1. The summed E-state index contributed by atoms with van der Waals surface area (Å²) in [4.78, 5) is 24.1. The van der Waals surface area contributed by atoms with E-state index in [1.54, 1.807) is 11.9 Å². The second kappa shape index (κ2) is 5.81. The van der Waals surface area contributed by atoms with Crippen molar-refractivity contribution in [3.8, 4) is 0 Å². The van der Waals surface area contributed by atoms with Crippen LogP contribution in [0.4, 0.5) is 0 Å². The zero-order valence-electron chi connectivity index (χ0n) is 9.52. The maximum atomic E-state index is 11.8. The minimum atomic E-state index is -0.828. The van der Waals surface area contributed by atoms with Gasteiger partial charge < -0.3 is 21.1 Å². The van der Waals surface area contributed by atoms with Crippen molar-refractivity contribution < 1.29 is 14.3 Å². The predicted octanol–water partition coefficient (Wildman–Crippen LogP) is -1.17. The van der Waals surface area contributed by atoms with Gasteiger partial charge in [0.25, 0.3) is 0 Å². The monoisotopic (exact) mass is 229 g/mol. The summed E-state index contributed by atoms with van der Waals surface area (Å²) in [6.07, 6.45) is 1.52. The summed E-state index contributed by atoms with van der Waals surface area (Å²) in [7, 11) is 1.71. The maximum absolute atomic E-state index is 11.8. The molecule has 1 aliphatic rings. The second-order valence-electron chi connectivity index (χ2n) is 4.07. The Kier molecular flexibility index (Phi) is 4.70. The third-order valence-electron chi connectivity index (χ3n) is 2.82. The van der Waals surface area contributed by atoms with Crippen LogP contribution in [0.25, 0.3) is 0 Å². The molecular weight excluding hydrogens is 210 g/mol. The molecule has 2 amide bonds. The van der Waals surface area contributed by atoms with Crippen LogP contribution >= 0.6 is 0 Å². The molecule has 0 aromatic carbocycles. The van der Waals surface area contributed by atoms with Gasteiger partial charge in [0.2, 0.25) is 11.8 Å². The van der Waals surface area contributed by atoms with E-state index in [2.05, 4.69) is 0 Å². The lowest BCUT2D eigenvalue weighted by Crippen LogP contribution is -2.49. The molecule has 4 N–H and O–H groups in total. The van der Waals surface area contributed by atoms with Crippen molar-refractivity contribution in [2.24, 2.45) is 11.5 Å². The van der Waals surface area contributed by atoms with Gasteiger partial charge in [-0.3, -0.25) is 9.59 Å². The normalized spacial score (nSPS) is 19.1. The molecule has 0 saturated carbocycles. The standard InChI is InChI=1S/C10H19N3O3/c1-13(7-2-4-16-5-3-7)10(15)8(11)6-9(12)14/h7-8H,2-6,11H2,1H3,(H2,12,14). The summed E-state index contributed by atoms with van der Waals surface area (Å²) >= 11 is 0. The fourth-order valence-electron chi connectivity index (χ4n) is 1.82. The molecule has 0 radical (unpaired) electrons. The van der Waals surface area contributed by atoms with Crippen molar-refractivity contribution in [1.29, 1.82) is 0 Å². The first kappa shape index (κ1) is 12.9. The van der Waals surface area contributed by atoms with Gasteiger partial charge in [0.05, 0.1) is 12.5 Å². The van der Waals surface area contributed by atoms with Gasteiger partial charge in [0, 0.05) is 26.3 Å². The Hall–Kier alpha value is -1.14. The molecule has 1 aliphatic heterocycles. The molecule has 0 bridgehead atoms. The van der Waals surface area contributed by atoms with Gasteiger partial charge in [0.1, 0.15) is 0 Å². The highest BCUT2D eigenvalue weighted by molar-refractivity contribution is 5.87. The first-order valence-corrected chi connectivity index (χ1v) is 5.40. The van der Waals surface area contributed by atoms with Crippen LogP contribution in [0.2, 0.25) is 0 Å². The van der Waals surface area contributed by atoms with Gasteiger partial charge >= 0.3 is 0 Å². The van der Waals surface area contributed by atoms with E-state index in [4.69, 9.17) is 16.2 Å². The Balaban J connectivity index is 2.48. The van der Waals surface area contributed by atoms with Gasteiger partial charge in [0.15, 0.2) is 0 Å². The number of likely N-dealkylation sites (N-methyl/N-ethyl adjacent to an activating group) is 1. The average Bonchev–Trinajstić information content (AvgIpc) is 2.27. The summed E-state index contributed by atoms with van der Waals surface area (Å²) in [5.41, 5.74) is 10.6. The van der Waals surface area contributed by atoms with Crippen LogP contribution in [-0.4, -0.2) is 49.1 Å². The Morgan fingerprint density at radius 3 is 2.50 bits per heavy atom. The molecule has 0 spiro atoms. The fourth-order valence-corrected chi connectivity index (χ4v) is 1.82. The third kappa shape index (κ3) is 3.46. The Labute approximate surface area is 94.9 Å². The first-order chi connectivity index (χ1) is 7.52. The Morgan fingerprint density at radius 1 is 1.44 bits per heavy atom. The highest BCUT2D eigenvalue weighted by Crippen LogP contribution is 2.13. The summed E-state index contributed by atoms with van der Waals surface area (Å²) in [5, 5.41) is 0. The molecule has 1 saturated heterocycles. The van der Waals surface area contributed by atoms with E-state index < -0.39 is 11.9 Å². The lowest BCUT2D eigenvalue weighted by molar-refractivity contribution is -0.136. The molecule has 1 unspecified atom stereocenters. The van der Waals surface area contributed by atoms with Crippen molar-refractivity contribution in [3.63, 3.8) is 0 Å². The number of primary amides is 1. The SMILES string of the molecule is CN(C(=O)C(N)CC(N)=O)C1CCOCC1. The van der Waals surface area contributed by atoms with Crippen molar-refractivity contribution in [1.82, 2.24) is 4.90 Å². The fraction of sp³-hybridized carbons (Fsp3) is 0.800. The number of ether oxygens (including phenoxy) is 1. The largest absolute Gasteiger partial charge is 0.381 e. The average molecular weight is 229 g/mol. The molecule has 1 fully saturated rings. The number of hydrogen-bond acceptors (Lipinski definition) is 4. The van der Waals surface area contributed by atoms with Crippen molar-refractivity contribution in [2.75, 3.05) is 20.3 Å². The van der Waals surface area contributed by atoms with Crippen LogP contribution in [0.1, 0.15) is 19.3 Å². The summed E-state index contributed by atoms with van der Waals surface area (Å²) < 4.78 is 5.21. The molecule has 1 heterocycles. The number of carbonyl (C=O) groups is 2. The van der Waals surface area contributed by atoms with Gasteiger partial charge in [-0.25, -0.2) is 0 Å². The minimum Gasteiger partial charge on any atom is -0.381 e. The maximum Gasteiger partial charge on any atom is 0.240 e. The lowest BCUT2D eigenvalue weighted by atomic mass is 10.1. The number of rotatable bonds is 4. The third-order valence-corrected chi connectivity index (χ3v) is 2.82. The quantitative estimate of drug-likeness (QED) is 0.634. The summed E-state index contributed by atoms with van der Waals surface area (Å²) in [6, 6.07) is -0.675. The van der Waals surface area contributed by atoms with Crippen LogP contribution < -0.4 is 11.5 Å². The molecule has 1 atom stereocenters. The van der Waals surface area contributed by atoms with E-state index in [0.717, 1.165) is 12.8 Å². The number of carbonyl (C=O) groups excluding carboxylic acids is 2. The molecule has 16 heavy (non-hydrogen) atoms. The topological polar surface area (TPSA) is 98.6 Å². The molecule has 92 valence electrons. The Morgan fingerprint density at radius 2 is 2.00 bits per heavy atom. The predicted molar refractivity (Wildman–Crippen MR) is 58.4 cm³/mol. The van der Waals surface area contributed by atoms with E-state index >= 15 is 0 Å².